The van der Waals surface area contributed by atoms with Crippen molar-refractivity contribution in [3.63, 3.8) is 0 Å². The number of methoxy groups -OCH3 is 1. The van der Waals surface area contributed by atoms with Gasteiger partial charge >= 0.3 is 5.97 Å². The van der Waals surface area contributed by atoms with Crippen LogP contribution in [0.3, 0.4) is 0 Å². The molecule has 1 heterocycles. The molecule has 0 saturated heterocycles. The van der Waals surface area contributed by atoms with Gasteiger partial charge in [-0.25, -0.2) is 4.79 Å². The summed E-state index contributed by atoms with van der Waals surface area (Å²) in [5.41, 5.74) is 1.64. The van der Waals surface area contributed by atoms with Crippen LogP contribution in [0.1, 0.15) is 34.5 Å². The van der Waals surface area contributed by atoms with Crippen LogP contribution in [0.2, 0.25) is 0 Å². The van der Waals surface area contributed by atoms with Crippen molar-refractivity contribution < 1.29 is 14.5 Å². The van der Waals surface area contributed by atoms with Crippen molar-refractivity contribution in [2.45, 2.75) is 19.9 Å². The lowest BCUT2D eigenvalue weighted by atomic mass is 10.1. The Labute approximate surface area is 133 Å². The Bertz CT molecular complexity index is 754. The van der Waals surface area contributed by atoms with E-state index in [1.807, 2.05) is 20.2 Å². The van der Waals surface area contributed by atoms with Crippen molar-refractivity contribution in [3.8, 4) is 0 Å². The van der Waals surface area contributed by atoms with E-state index in [0.717, 1.165) is 5.56 Å². The van der Waals surface area contributed by atoms with Gasteiger partial charge in [-0.15, -0.1) is 0 Å². The highest BCUT2D eigenvalue weighted by atomic mass is 16.6. The first-order chi connectivity index (χ1) is 10.8. The van der Waals surface area contributed by atoms with Crippen LogP contribution in [0, 0.1) is 17.0 Å². The van der Waals surface area contributed by atoms with Crippen molar-refractivity contribution in [2.75, 3.05) is 12.4 Å². The Hall–Kier alpha value is -2.90. The zero-order valence-electron chi connectivity index (χ0n) is 13.4. The lowest BCUT2D eigenvalue weighted by Crippen LogP contribution is -2.11. The Balaban J connectivity index is 2.38. The SMILES string of the molecule is COC(=O)c1cc(N[C@@H](C)c2cnn(C)c2)cc(C)c1[N+](=O)[O-]. The third-order valence-corrected chi connectivity index (χ3v) is 3.50. The van der Waals surface area contributed by atoms with Crippen molar-refractivity contribution in [1.29, 1.82) is 0 Å². The average Bonchev–Trinajstić information content (AvgIpc) is 2.92. The van der Waals surface area contributed by atoms with Gasteiger partial charge in [0.15, 0.2) is 0 Å². The van der Waals surface area contributed by atoms with Gasteiger partial charge in [0.25, 0.3) is 5.69 Å². The molecule has 0 saturated carbocycles. The molecule has 0 aliphatic carbocycles. The van der Waals surface area contributed by atoms with Gasteiger partial charge in [-0.3, -0.25) is 14.8 Å². The zero-order chi connectivity index (χ0) is 17.1. The van der Waals surface area contributed by atoms with Crippen LogP contribution < -0.4 is 5.32 Å². The zero-order valence-corrected chi connectivity index (χ0v) is 13.4. The van der Waals surface area contributed by atoms with Gasteiger partial charge in [-0.05, 0) is 26.0 Å². The van der Waals surface area contributed by atoms with Crippen LogP contribution in [0.5, 0.6) is 0 Å². The lowest BCUT2D eigenvalue weighted by molar-refractivity contribution is -0.385. The van der Waals surface area contributed by atoms with Crippen LogP contribution in [-0.2, 0) is 11.8 Å². The molecule has 0 radical (unpaired) electrons. The second-order valence-electron chi connectivity index (χ2n) is 5.25. The summed E-state index contributed by atoms with van der Waals surface area (Å²) in [4.78, 5) is 22.4. The minimum atomic E-state index is -0.738. The molecule has 0 fully saturated rings. The summed E-state index contributed by atoms with van der Waals surface area (Å²) in [5, 5.41) is 18.5. The maximum atomic E-state index is 11.8. The summed E-state index contributed by atoms with van der Waals surface area (Å²) in [6, 6.07) is 3.00. The van der Waals surface area contributed by atoms with E-state index < -0.39 is 10.9 Å². The summed E-state index contributed by atoms with van der Waals surface area (Å²) in [5.74, 6) is -0.738. The minimum Gasteiger partial charge on any atom is -0.465 e. The molecule has 0 unspecified atom stereocenters. The summed E-state index contributed by atoms with van der Waals surface area (Å²) < 4.78 is 6.33. The molecule has 0 aliphatic rings. The number of aryl methyl sites for hydroxylation is 2. The first-order valence-electron chi connectivity index (χ1n) is 6.96. The fourth-order valence-corrected chi connectivity index (χ4v) is 2.37. The lowest BCUT2D eigenvalue weighted by Gasteiger charge is -2.15. The fraction of sp³-hybridized carbons (Fsp3) is 0.333. The van der Waals surface area contributed by atoms with Gasteiger partial charge in [0.1, 0.15) is 5.56 Å². The third-order valence-electron chi connectivity index (χ3n) is 3.50. The fourth-order valence-electron chi connectivity index (χ4n) is 2.37. The number of benzene rings is 1. The molecular formula is C15H18N4O4. The number of rotatable bonds is 5. The molecule has 0 spiro atoms. The number of carbonyl (C=O) groups excluding carboxylic acids is 1. The van der Waals surface area contributed by atoms with Crippen molar-refractivity contribution >= 4 is 17.3 Å². The van der Waals surface area contributed by atoms with Gasteiger partial charge in [0, 0.05) is 30.1 Å². The number of aromatic nitrogens is 2. The molecular weight excluding hydrogens is 300 g/mol. The monoisotopic (exact) mass is 318 g/mol. The van der Waals surface area contributed by atoms with Crippen LogP contribution in [-0.4, -0.2) is 27.8 Å². The molecule has 1 aromatic heterocycles. The number of nitro benzene ring substituents is 1. The van der Waals surface area contributed by atoms with Crippen molar-refractivity contribution in [2.24, 2.45) is 7.05 Å². The predicted molar refractivity (Wildman–Crippen MR) is 84.4 cm³/mol. The molecule has 8 heteroatoms. The molecule has 23 heavy (non-hydrogen) atoms. The highest BCUT2D eigenvalue weighted by Gasteiger charge is 2.25. The molecule has 8 nitrogen and oxygen atoms in total. The molecule has 1 aromatic carbocycles. The van der Waals surface area contributed by atoms with E-state index in [1.54, 1.807) is 23.9 Å². The van der Waals surface area contributed by atoms with E-state index in [-0.39, 0.29) is 17.3 Å². The number of hydrogen-bond acceptors (Lipinski definition) is 6. The van der Waals surface area contributed by atoms with E-state index in [2.05, 4.69) is 15.2 Å². The highest BCUT2D eigenvalue weighted by Crippen LogP contribution is 2.30. The largest absolute Gasteiger partial charge is 0.465 e. The van der Waals surface area contributed by atoms with Crippen LogP contribution in [0.25, 0.3) is 0 Å². The molecule has 2 rings (SSSR count). The number of esters is 1. The van der Waals surface area contributed by atoms with E-state index in [1.165, 1.54) is 13.2 Å². The Kier molecular flexibility index (Phi) is 4.63. The smallest absolute Gasteiger partial charge is 0.344 e. The maximum Gasteiger partial charge on any atom is 0.344 e. The molecule has 122 valence electrons. The maximum absolute atomic E-state index is 11.8. The first-order valence-corrected chi connectivity index (χ1v) is 6.96. The van der Waals surface area contributed by atoms with Crippen LogP contribution >= 0.6 is 0 Å². The van der Waals surface area contributed by atoms with Crippen LogP contribution in [0.15, 0.2) is 24.5 Å². The number of carbonyl (C=O) groups is 1. The predicted octanol–water partition coefficient (Wildman–Crippen LogP) is 2.60. The summed E-state index contributed by atoms with van der Waals surface area (Å²) in [6.07, 6.45) is 3.61. The third kappa shape index (κ3) is 3.47. The van der Waals surface area contributed by atoms with E-state index in [9.17, 15) is 14.9 Å². The molecule has 0 aliphatic heterocycles. The molecule has 1 N–H and O–H groups in total. The number of nitrogens with zero attached hydrogens (tertiary/aromatic N) is 3. The summed E-state index contributed by atoms with van der Waals surface area (Å²) in [7, 11) is 3.02. The molecule has 0 bridgehead atoms. The first kappa shape index (κ1) is 16.5. The average molecular weight is 318 g/mol. The number of hydrogen-bond donors (Lipinski definition) is 1. The quantitative estimate of drug-likeness (QED) is 0.517. The van der Waals surface area contributed by atoms with Gasteiger partial charge in [0.2, 0.25) is 0 Å². The molecule has 0 amide bonds. The van der Waals surface area contributed by atoms with E-state index in [4.69, 9.17) is 0 Å². The minimum absolute atomic E-state index is 0.0709. The highest BCUT2D eigenvalue weighted by molar-refractivity contribution is 5.95. The van der Waals surface area contributed by atoms with Gasteiger partial charge in [-0.1, -0.05) is 0 Å². The van der Waals surface area contributed by atoms with Crippen LogP contribution in [0.4, 0.5) is 11.4 Å². The summed E-state index contributed by atoms with van der Waals surface area (Å²) >= 11 is 0. The van der Waals surface area contributed by atoms with E-state index in [0.29, 0.717) is 11.3 Å². The summed E-state index contributed by atoms with van der Waals surface area (Å²) in [6.45, 7) is 3.52. The number of anilines is 1. The number of nitrogens with one attached hydrogen (secondary N) is 1. The number of ether oxygens (including phenoxy) is 1. The van der Waals surface area contributed by atoms with E-state index >= 15 is 0 Å². The normalized spacial score (nSPS) is 11.8. The number of nitro groups is 1. The Morgan fingerprint density at radius 2 is 2.17 bits per heavy atom. The van der Waals surface area contributed by atoms with Crippen molar-refractivity contribution in [3.05, 3.63) is 51.3 Å². The van der Waals surface area contributed by atoms with Gasteiger partial charge < -0.3 is 10.1 Å². The Morgan fingerprint density at radius 3 is 2.70 bits per heavy atom. The molecule has 2 aromatic rings. The Morgan fingerprint density at radius 1 is 1.48 bits per heavy atom. The molecule has 1 atom stereocenters. The van der Waals surface area contributed by atoms with Gasteiger partial charge in [-0.2, -0.15) is 5.10 Å². The topological polar surface area (TPSA) is 99.3 Å². The second-order valence-corrected chi connectivity index (χ2v) is 5.25. The van der Waals surface area contributed by atoms with Crippen molar-refractivity contribution in [1.82, 2.24) is 9.78 Å². The standard InChI is InChI=1S/C15H18N4O4/c1-9-5-12(17-10(2)11-7-16-18(3)8-11)6-13(15(20)23-4)14(9)19(21)22/h5-8,10,17H,1-4H3/t10-/m0/s1. The second kappa shape index (κ2) is 6.47. The van der Waals surface area contributed by atoms with Gasteiger partial charge in [0.05, 0.1) is 24.3 Å².